The van der Waals surface area contributed by atoms with Gasteiger partial charge in [-0.3, -0.25) is 9.88 Å². The zero-order chi connectivity index (χ0) is 25.6. The van der Waals surface area contributed by atoms with Crippen molar-refractivity contribution in [3.05, 3.63) is 47.5 Å². The molecule has 3 fully saturated rings. The number of anilines is 1. The highest BCUT2D eigenvalue weighted by Gasteiger charge is 2.47. The molecule has 3 aliphatic heterocycles. The predicted molar refractivity (Wildman–Crippen MR) is 131 cm³/mol. The smallest absolute Gasteiger partial charge is 0.332 e. The number of nitrogens with one attached hydrogen (secondary N) is 1. The minimum Gasteiger partial charge on any atom is -0.481 e. The SMILES string of the molecule is COc1ccc2ncc(F)c(CC(O)N(Cc3ccc4c(n3)OC(=O)CN4)C34CCC(CC3)OC4)c2n1. The molecule has 3 aromatic heterocycles. The molecule has 1 atom stereocenters. The van der Waals surface area contributed by atoms with Crippen LogP contribution in [0.3, 0.4) is 0 Å². The highest BCUT2D eigenvalue weighted by molar-refractivity contribution is 5.82. The molecule has 0 spiro atoms. The van der Waals surface area contributed by atoms with E-state index in [2.05, 4.69) is 20.3 Å². The molecule has 0 amide bonds. The van der Waals surface area contributed by atoms with Gasteiger partial charge in [0, 0.05) is 30.1 Å². The summed E-state index contributed by atoms with van der Waals surface area (Å²) >= 11 is 0. The van der Waals surface area contributed by atoms with Crippen LogP contribution in [0.1, 0.15) is 36.9 Å². The van der Waals surface area contributed by atoms with Crippen LogP contribution in [-0.4, -0.2) is 69.1 Å². The number of methoxy groups -OCH3 is 1. The first kappa shape index (κ1) is 24.0. The summed E-state index contributed by atoms with van der Waals surface area (Å²) in [7, 11) is 1.49. The first-order valence-corrected chi connectivity index (χ1v) is 12.4. The summed E-state index contributed by atoms with van der Waals surface area (Å²) in [6, 6.07) is 7.04. The standard InChI is InChI=1S/C26H28FN5O5/c1-35-21-5-4-19-24(31-21)17(18(27)11-28-19)10-22(33)32(26-8-6-16(7-9-26)36-14-26)13-15-2-3-20-25(30-15)37-23(34)12-29-20/h2-5,11,16,22,29,33H,6-10,12-14H2,1H3. The van der Waals surface area contributed by atoms with Gasteiger partial charge in [-0.15, -0.1) is 0 Å². The maximum absolute atomic E-state index is 15.1. The number of esters is 1. The second kappa shape index (κ2) is 9.47. The topological polar surface area (TPSA) is 119 Å². The molecule has 0 radical (unpaired) electrons. The number of aromatic nitrogens is 3. The van der Waals surface area contributed by atoms with Gasteiger partial charge in [0.15, 0.2) is 0 Å². The second-order valence-corrected chi connectivity index (χ2v) is 9.84. The van der Waals surface area contributed by atoms with Crippen molar-refractivity contribution >= 4 is 22.7 Å². The van der Waals surface area contributed by atoms with Crippen LogP contribution in [0.15, 0.2) is 30.5 Å². The maximum atomic E-state index is 15.1. The largest absolute Gasteiger partial charge is 0.481 e. The maximum Gasteiger partial charge on any atom is 0.332 e. The van der Waals surface area contributed by atoms with Crippen molar-refractivity contribution in [3.63, 3.8) is 0 Å². The number of hydrogen-bond donors (Lipinski definition) is 2. The number of halogens is 1. The molecule has 194 valence electrons. The Bertz CT molecular complexity index is 1330. The lowest BCUT2D eigenvalue weighted by atomic mass is 9.76. The molecule has 0 aromatic carbocycles. The molecule has 2 saturated heterocycles. The number of pyridine rings is 3. The van der Waals surface area contributed by atoms with Gasteiger partial charge in [-0.25, -0.2) is 19.2 Å². The Balaban J connectivity index is 1.35. The van der Waals surface area contributed by atoms with Crippen LogP contribution in [0, 0.1) is 5.82 Å². The van der Waals surface area contributed by atoms with Crippen molar-refractivity contribution in [2.24, 2.45) is 0 Å². The Labute approximate surface area is 212 Å². The molecule has 2 N–H and O–H groups in total. The number of nitrogens with zero attached hydrogens (tertiary/aromatic N) is 4. The number of ether oxygens (including phenoxy) is 3. The highest BCUT2D eigenvalue weighted by atomic mass is 19.1. The summed E-state index contributed by atoms with van der Waals surface area (Å²) < 4.78 is 31.7. The molecule has 1 saturated carbocycles. The van der Waals surface area contributed by atoms with Crippen LogP contribution in [-0.2, 0) is 22.5 Å². The predicted octanol–water partition coefficient (Wildman–Crippen LogP) is 2.58. The minimum absolute atomic E-state index is 0.0162. The molecule has 7 rings (SSSR count). The fourth-order valence-electron chi connectivity index (χ4n) is 5.61. The van der Waals surface area contributed by atoms with Crippen molar-refractivity contribution in [3.8, 4) is 11.8 Å². The molecule has 1 unspecified atom stereocenters. The van der Waals surface area contributed by atoms with Crippen LogP contribution in [0.25, 0.3) is 11.0 Å². The third kappa shape index (κ3) is 4.47. The molecule has 10 nitrogen and oxygen atoms in total. The van der Waals surface area contributed by atoms with E-state index < -0.39 is 23.6 Å². The van der Waals surface area contributed by atoms with Crippen LogP contribution in [0.4, 0.5) is 10.1 Å². The van der Waals surface area contributed by atoms with Gasteiger partial charge in [0.05, 0.1) is 48.4 Å². The van der Waals surface area contributed by atoms with Crippen molar-refractivity contribution in [1.29, 1.82) is 0 Å². The first-order chi connectivity index (χ1) is 17.9. The highest BCUT2D eigenvalue weighted by Crippen LogP contribution is 2.42. The minimum atomic E-state index is -1.06. The summed E-state index contributed by atoms with van der Waals surface area (Å²) in [5.74, 6) is -0.397. The Hall–Kier alpha value is -3.41. The molecule has 37 heavy (non-hydrogen) atoms. The van der Waals surface area contributed by atoms with E-state index in [0.717, 1.165) is 31.9 Å². The Morgan fingerprint density at radius 3 is 2.86 bits per heavy atom. The average Bonchev–Trinajstić information content (AvgIpc) is 2.93. The lowest BCUT2D eigenvalue weighted by Crippen LogP contribution is -2.62. The molecule has 2 bridgehead atoms. The van der Waals surface area contributed by atoms with Crippen molar-refractivity contribution in [2.45, 2.75) is 56.5 Å². The number of carbonyl (C=O) groups excluding carboxylic acids is 1. The molecule has 6 heterocycles. The summed E-state index contributed by atoms with van der Waals surface area (Å²) in [6.07, 6.45) is 3.81. The van der Waals surface area contributed by atoms with Crippen molar-refractivity contribution in [2.75, 3.05) is 25.6 Å². The Morgan fingerprint density at radius 2 is 2.11 bits per heavy atom. The normalized spacial score (nSPS) is 23.5. The van der Waals surface area contributed by atoms with E-state index >= 15 is 4.39 Å². The fraction of sp³-hybridized carbons (Fsp3) is 0.462. The van der Waals surface area contributed by atoms with Gasteiger partial charge in [0.25, 0.3) is 0 Å². The number of rotatable bonds is 7. The van der Waals surface area contributed by atoms with Gasteiger partial charge in [0.2, 0.25) is 11.8 Å². The van der Waals surface area contributed by atoms with Crippen LogP contribution in [0.5, 0.6) is 11.8 Å². The number of carbonyl (C=O) groups is 1. The lowest BCUT2D eigenvalue weighted by molar-refractivity contribution is -0.179. The van der Waals surface area contributed by atoms with E-state index in [-0.39, 0.29) is 37.1 Å². The molecule has 4 aliphatic rings. The molecular weight excluding hydrogens is 481 g/mol. The monoisotopic (exact) mass is 509 g/mol. The molecule has 1 aliphatic carbocycles. The van der Waals surface area contributed by atoms with Gasteiger partial charge in [-0.1, -0.05) is 0 Å². The van der Waals surface area contributed by atoms with Gasteiger partial charge in [0.1, 0.15) is 18.6 Å². The summed E-state index contributed by atoms with van der Waals surface area (Å²) in [5.41, 5.74) is 1.97. The average molecular weight is 510 g/mol. The van der Waals surface area contributed by atoms with Gasteiger partial charge in [-0.2, -0.15) is 0 Å². The van der Waals surface area contributed by atoms with Gasteiger partial charge >= 0.3 is 5.97 Å². The van der Waals surface area contributed by atoms with Crippen LogP contribution < -0.4 is 14.8 Å². The lowest BCUT2D eigenvalue weighted by Gasteiger charge is -2.53. The fourth-order valence-corrected chi connectivity index (χ4v) is 5.61. The number of fused-ring (bicyclic) bond motifs is 5. The summed E-state index contributed by atoms with van der Waals surface area (Å²) in [4.78, 5) is 26.8. The Morgan fingerprint density at radius 1 is 1.27 bits per heavy atom. The zero-order valence-corrected chi connectivity index (χ0v) is 20.4. The van der Waals surface area contributed by atoms with Crippen LogP contribution in [0.2, 0.25) is 0 Å². The van der Waals surface area contributed by atoms with Crippen molar-refractivity contribution < 1.29 is 28.5 Å². The van der Waals surface area contributed by atoms with Crippen molar-refractivity contribution in [1.82, 2.24) is 19.9 Å². The number of aliphatic hydroxyl groups is 1. The number of aliphatic hydroxyl groups excluding tert-OH is 1. The van der Waals surface area contributed by atoms with Gasteiger partial charge in [-0.05, 0) is 43.9 Å². The van der Waals surface area contributed by atoms with E-state index in [1.165, 1.54) is 7.11 Å². The quantitative estimate of drug-likeness (QED) is 0.363. The second-order valence-electron chi connectivity index (χ2n) is 9.84. The van der Waals surface area contributed by atoms with E-state index in [4.69, 9.17) is 14.2 Å². The summed E-state index contributed by atoms with van der Waals surface area (Å²) in [5, 5.41) is 14.7. The molecule has 11 heteroatoms. The third-order valence-electron chi connectivity index (χ3n) is 7.64. The molecular formula is C26H28FN5O5. The van der Waals surface area contributed by atoms with E-state index in [9.17, 15) is 9.90 Å². The van der Waals surface area contributed by atoms with E-state index in [0.29, 0.717) is 34.9 Å². The number of hydrogen-bond acceptors (Lipinski definition) is 10. The first-order valence-electron chi connectivity index (χ1n) is 12.4. The summed E-state index contributed by atoms with van der Waals surface area (Å²) in [6.45, 7) is 0.827. The third-order valence-corrected chi connectivity index (χ3v) is 7.64. The Kier molecular flexibility index (Phi) is 6.13. The van der Waals surface area contributed by atoms with E-state index in [1.54, 1.807) is 12.1 Å². The van der Waals surface area contributed by atoms with Gasteiger partial charge < -0.3 is 24.6 Å². The molecule has 3 aromatic rings. The van der Waals surface area contributed by atoms with Crippen LogP contribution >= 0.6 is 0 Å². The van der Waals surface area contributed by atoms with E-state index in [1.807, 2.05) is 17.0 Å². The zero-order valence-electron chi connectivity index (χ0n) is 20.4.